The van der Waals surface area contributed by atoms with Crippen LogP contribution in [0.3, 0.4) is 0 Å². The molecule has 0 amide bonds. The molecule has 0 atom stereocenters. The van der Waals surface area contributed by atoms with Crippen LogP contribution in [0.4, 0.5) is 16.0 Å². The van der Waals surface area contributed by atoms with Crippen molar-refractivity contribution in [2.45, 2.75) is 6.54 Å². The van der Waals surface area contributed by atoms with Gasteiger partial charge < -0.3 is 9.73 Å². The molecule has 0 aliphatic carbocycles. The molecular formula is C11H8FIN2O3. The number of anilines is 1. The molecule has 0 unspecified atom stereocenters. The maximum atomic E-state index is 13.3. The van der Waals surface area contributed by atoms with Crippen LogP contribution in [0, 0.1) is 19.5 Å². The molecule has 0 fully saturated rings. The van der Waals surface area contributed by atoms with Gasteiger partial charge in [-0.25, -0.2) is 4.39 Å². The molecule has 0 aliphatic rings. The third kappa shape index (κ3) is 2.78. The van der Waals surface area contributed by atoms with Crippen LogP contribution in [-0.4, -0.2) is 4.92 Å². The predicted molar refractivity (Wildman–Crippen MR) is 71.8 cm³/mol. The average Bonchev–Trinajstić information content (AvgIpc) is 2.80. The highest BCUT2D eigenvalue weighted by atomic mass is 127. The second-order valence-corrected chi connectivity index (χ2v) is 4.53. The Labute approximate surface area is 115 Å². The van der Waals surface area contributed by atoms with E-state index < -0.39 is 4.92 Å². The number of hydrogen-bond donors (Lipinski definition) is 1. The smallest absolute Gasteiger partial charge is 0.404 e. The van der Waals surface area contributed by atoms with E-state index >= 15 is 0 Å². The lowest BCUT2D eigenvalue weighted by molar-refractivity contribution is -0.402. The van der Waals surface area contributed by atoms with E-state index in [2.05, 4.69) is 5.32 Å². The summed E-state index contributed by atoms with van der Waals surface area (Å²) in [6.07, 6.45) is 0. The van der Waals surface area contributed by atoms with Crippen molar-refractivity contribution in [1.82, 2.24) is 0 Å². The molecule has 0 radical (unpaired) electrons. The molecule has 2 rings (SSSR count). The topological polar surface area (TPSA) is 68.3 Å². The first kappa shape index (κ1) is 12.8. The fraction of sp³-hybridized carbons (Fsp3) is 0.0909. The Balaban J connectivity index is 2.07. The molecule has 18 heavy (non-hydrogen) atoms. The molecule has 0 bridgehead atoms. The molecule has 2 aromatic rings. The Bertz CT molecular complexity index is 585. The second kappa shape index (κ2) is 5.34. The van der Waals surface area contributed by atoms with Crippen molar-refractivity contribution in [2.24, 2.45) is 0 Å². The van der Waals surface area contributed by atoms with Gasteiger partial charge >= 0.3 is 5.88 Å². The van der Waals surface area contributed by atoms with E-state index in [9.17, 15) is 14.5 Å². The quantitative estimate of drug-likeness (QED) is 0.513. The normalized spacial score (nSPS) is 10.3. The largest absolute Gasteiger partial charge is 0.433 e. The summed E-state index contributed by atoms with van der Waals surface area (Å²) in [4.78, 5) is 9.83. The van der Waals surface area contributed by atoms with E-state index in [-0.39, 0.29) is 18.2 Å². The minimum absolute atomic E-state index is 0.257. The fourth-order valence-electron chi connectivity index (χ4n) is 1.38. The fourth-order valence-corrected chi connectivity index (χ4v) is 1.93. The van der Waals surface area contributed by atoms with Crippen LogP contribution < -0.4 is 5.32 Å². The van der Waals surface area contributed by atoms with E-state index in [4.69, 9.17) is 4.42 Å². The highest BCUT2D eigenvalue weighted by molar-refractivity contribution is 14.1. The lowest BCUT2D eigenvalue weighted by Gasteiger charge is -2.06. The summed E-state index contributed by atoms with van der Waals surface area (Å²) >= 11 is 1.89. The third-order valence-electron chi connectivity index (χ3n) is 2.23. The second-order valence-electron chi connectivity index (χ2n) is 3.45. The van der Waals surface area contributed by atoms with Gasteiger partial charge in [0.15, 0.2) is 0 Å². The van der Waals surface area contributed by atoms with Crippen molar-refractivity contribution in [1.29, 1.82) is 0 Å². The molecule has 1 aromatic heterocycles. The van der Waals surface area contributed by atoms with E-state index in [1.54, 1.807) is 12.1 Å². The SMILES string of the molecule is O=[N+]([O-])c1ccc(CNc2cccc(F)c2I)o1. The number of furan rings is 1. The van der Waals surface area contributed by atoms with Crippen LogP contribution in [0.2, 0.25) is 0 Å². The molecule has 0 saturated carbocycles. The van der Waals surface area contributed by atoms with Gasteiger partial charge in [-0.05, 0) is 40.8 Å². The Hall–Kier alpha value is -1.64. The molecule has 0 saturated heterocycles. The van der Waals surface area contributed by atoms with Crippen LogP contribution >= 0.6 is 22.6 Å². The van der Waals surface area contributed by atoms with E-state index in [0.717, 1.165) is 0 Å². The van der Waals surface area contributed by atoms with Gasteiger partial charge in [-0.2, -0.15) is 0 Å². The van der Waals surface area contributed by atoms with Crippen molar-refractivity contribution in [3.63, 3.8) is 0 Å². The Morgan fingerprint density at radius 3 is 2.83 bits per heavy atom. The van der Waals surface area contributed by atoms with E-state index in [0.29, 0.717) is 15.0 Å². The molecule has 1 aromatic carbocycles. The van der Waals surface area contributed by atoms with Gasteiger partial charge in [0.1, 0.15) is 16.5 Å². The van der Waals surface area contributed by atoms with Crippen LogP contribution in [-0.2, 0) is 6.54 Å². The van der Waals surface area contributed by atoms with Gasteiger partial charge in [0.25, 0.3) is 0 Å². The van der Waals surface area contributed by atoms with Crippen molar-refractivity contribution in [3.05, 3.63) is 55.6 Å². The maximum Gasteiger partial charge on any atom is 0.433 e. The zero-order valence-corrected chi connectivity index (χ0v) is 11.2. The highest BCUT2D eigenvalue weighted by Crippen LogP contribution is 2.22. The van der Waals surface area contributed by atoms with Gasteiger partial charge in [-0.15, -0.1) is 0 Å². The Kier molecular flexibility index (Phi) is 3.80. The van der Waals surface area contributed by atoms with Crippen LogP contribution in [0.1, 0.15) is 5.76 Å². The van der Waals surface area contributed by atoms with Gasteiger partial charge in [0.2, 0.25) is 0 Å². The van der Waals surface area contributed by atoms with E-state index in [1.807, 2.05) is 22.6 Å². The molecule has 0 aliphatic heterocycles. The van der Waals surface area contributed by atoms with Crippen molar-refractivity contribution in [3.8, 4) is 0 Å². The lowest BCUT2D eigenvalue weighted by atomic mass is 10.3. The number of halogens is 2. The zero-order chi connectivity index (χ0) is 13.1. The first-order chi connectivity index (χ1) is 8.58. The summed E-state index contributed by atoms with van der Waals surface area (Å²) in [5, 5.41) is 13.4. The third-order valence-corrected chi connectivity index (χ3v) is 3.33. The number of nitrogens with zero attached hydrogens (tertiary/aromatic N) is 1. The predicted octanol–water partition coefficient (Wildman–Crippen LogP) is 3.54. The summed E-state index contributed by atoms with van der Waals surface area (Å²) in [5.41, 5.74) is 0.620. The summed E-state index contributed by atoms with van der Waals surface area (Å²) in [7, 11) is 0. The number of nitrogens with one attached hydrogen (secondary N) is 1. The van der Waals surface area contributed by atoms with Crippen molar-refractivity contribution >= 4 is 34.2 Å². The van der Waals surface area contributed by atoms with E-state index in [1.165, 1.54) is 18.2 Å². The molecule has 5 nitrogen and oxygen atoms in total. The van der Waals surface area contributed by atoms with Crippen LogP contribution in [0.5, 0.6) is 0 Å². The number of benzene rings is 1. The molecule has 1 N–H and O–H groups in total. The highest BCUT2D eigenvalue weighted by Gasteiger charge is 2.12. The first-order valence-electron chi connectivity index (χ1n) is 4.99. The average molecular weight is 362 g/mol. The molecule has 1 heterocycles. The molecule has 0 spiro atoms. The summed E-state index contributed by atoms with van der Waals surface area (Å²) in [6, 6.07) is 7.47. The summed E-state index contributed by atoms with van der Waals surface area (Å²) in [6.45, 7) is 0.257. The van der Waals surface area contributed by atoms with Gasteiger partial charge in [-0.1, -0.05) is 6.07 Å². The van der Waals surface area contributed by atoms with Crippen molar-refractivity contribution < 1.29 is 13.7 Å². The molecular weight excluding hydrogens is 354 g/mol. The monoisotopic (exact) mass is 362 g/mol. The van der Waals surface area contributed by atoms with Gasteiger partial charge in [0, 0.05) is 0 Å². The van der Waals surface area contributed by atoms with Crippen LogP contribution in [0.15, 0.2) is 34.7 Å². The Morgan fingerprint density at radius 1 is 1.39 bits per heavy atom. The first-order valence-corrected chi connectivity index (χ1v) is 6.07. The standard InChI is InChI=1S/C11H8FIN2O3/c12-8-2-1-3-9(11(8)13)14-6-7-4-5-10(18-7)15(16)17/h1-5,14H,6H2. The molecule has 94 valence electrons. The number of rotatable bonds is 4. The lowest BCUT2D eigenvalue weighted by Crippen LogP contribution is -2.01. The maximum absolute atomic E-state index is 13.3. The van der Waals surface area contributed by atoms with Gasteiger partial charge in [0.05, 0.1) is 21.9 Å². The number of nitro groups is 1. The summed E-state index contributed by atoms with van der Waals surface area (Å²) in [5.74, 6) is -0.200. The minimum Gasteiger partial charge on any atom is -0.404 e. The number of hydrogen-bond acceptors (Lipinski definition) is 4. The minimum atomic E-state index is -0.602. The van der Waals surface area contributed by atoms with Gasteiger partial charge in [-0.3, -0.25) is 10.1 Å². The Morgan fingerprint density at radius 2 is 2.17 bits per heavy atom. The van der Waals surface area contributed by atoms with Crippen molar-refractivity contribution in [2.75, 3.05) is 5.32 Å². The van der Waals surface area contributed by atoms with Crippen LogP contribution in [0.25, 0.3) is 0 Å². The zero-order valence-electron chi connectivity index (χ0n) is 9.02. The summed E-state index contributed by atoms with van der Waals surface area (Å²) < 4.78 is 18.7. The molecule has 7 heteroatoms.